The topological polar surface area (TPSA) is 67.7 Å². The SMILES string of the molecule is CN(C(=O)c1ccc(Cn2cccn2)cc1)C1CCN(C(=O)OC(C)(C)C)CC1. The van der Waals surface area contributed by atoms with Gasteiger partial charge in [0.1, 0.15) is 5.60 Å². The predicted octanol–water partition coefficient (Wildman–Crippen LogP) is 3.40. The van der Waals surface area contributed by atoms with E-state index in [1.54, 1.807) is 16.0 Å². The lowest BCUT2D eigenvalue weighted by Crippen LogP contribution is -2.48. The number of carbonyl (C=O) groups is 2. The molecule has 0 N–H and O–H groups in total. The second-order valence-corrected chi connectivity index (χ2v) is 8.52. The van der Waals surface area contributed by atoms with E-state index in [1.807, 2.05) is 69.0 Å². The minimum absolute atomic E-state index is 0.00589. The van der Waals surface area contributed by atoms with Crippen LogP contribution >= 0.6 is 0 Å². The quantitative estimate of drug-likeness (QED) is 0.792. The summed E-state index contributed by atoms with van der Waals surface area (Å²) in [5, 5.41) is 4.20. The van der Waals surface area contributed by atoms with Crippen LogP contribution in [-0.2, 0) is 11.3 Å². The van der Waals surface area contributed by atoms with Gasteiger partial charge in [-0.05, 0) is 57.4 Å². The monoisotopic (exact) mass is 398 g/mol. The van der Waals surface area contributed by atoms with Crippen LogP contribution in [0.15, 0.2) is 42.7 Å². The van der Waals surface area contributed by atoms with Crippen LogP contribution in [-0.4, -0.2) is 63.4 Å². The highest BCUT2D eigenvalue weighted by Gasteiger charge is 2.30. The third-order valence-corrected chi connectivity index (χ3v) is 5.09. The first kappa shape index (κ1) is 20.9. The number of nitrogens with zero attached hydrogens (tertiary/aromatic N) is 4. The summed E-state index contributed by atoms with van der Waals surface area (Å²) in [6.07, 6.45) is 4.88. The lowest BCUT2D eigenvalue weighted by molar-refractivity contribution is 0.0160. The minimum Gasteiger partial charge on any atom is -0.444 e. The van der Waals surface area contributed by atoms with Crippen molar-refractivity contribution in [3.8, 4) is 0 Å². The molecule has 0 aliphatic carbocycles. The van der Waals surface area contributed by atoms with E-state index >= 15 is 0 Å². The van der Waals surface area contributed by atoms with Crippen molar-refractivity contribution < 1.29 is 14.3 Å². The molecule has 0 atom stereocenters. The zero-order valence-electron chi connectivity index (χ0n) is 17.7. The maximum absolute atomic E-state index is 12.9. The molecule has 1 aromatic heterocycles. The Labute approximate surface area is 172 Å². The Balaban J connectivity index is 1.53. The van der Waals surface area contributed by atoms with Gasteiger partial charge >= 0.3 is 6.09 Å². The van der Waals surface area contributed by atoms with Gasteiger partial charge in [0.05, 0.1) is 6.54 Å². The highest BCUT2D eigenvalue weighted by atomic mass is 16.6. The number of aromatic nitrogens is 2. The van der Waals surface area contributed by atoms with E-state index in [-0.39, 0.29) is 18.0 Å². The molecule has 156 valence electrons. The van der Waals surface area contributed by atoms with Crippen LogP contribution in [0.5, 0.6) is 0 Å². The molecule has 1 saturated heterocycles. The number of hydrogen-bond donors (Lipinski definition) is 0. The van der Waals surface area contributed by atoms with Gasteiger partial charge in [0.2, 0.25) is 0 Å². The highest BCUT2D eigenvalue weighted by molar-refractivity contribution is 5.94. The van der Waals surface area contributed by atoms with Crippen LogP contribution in [0.25, 0.3) is 0 Å². The van der Waals surface area contributed by atoms with Gasteiger partial charge in [-0.1, -0.05) is 12.1 Å². The summed E-state index contributed by atoms with van der Waals surface area (Å²) in [6.45, 7) is 7.47. The molecule has 2 aromatic rings. The van der Waals surface area contributed by atoms with Gasteiger partial charge in [0.15, 0.2) is 0 Å². The van der Waals surface area contributed by atoms with Gasteiger partial charge in [-0.25, -0.2) is 4.79 Å². The van der Waals surface area contributed by atoms with E-state index < -0.39 is 5.60 Å². The first-order valence-corrected chi connectivity index (χ1v) is 10.0. The summed E-state index contributed by atoms with van der Waals surface area (Å²) in [4.78, 5) is 28.6. The second-order valence-electron chi connectivity index (χ2n) is 8.52. The molecule has 7 heteroatoms. The number of hydrogen-bond acceptors (Lipinski definition) is 4. The minimum atomic E-state index is -0.496. The molecule has 29 heavy (non-hydrogen) atoms. The van der Waals surface area contributed by atoms with Gasteiger partial charge in [0.25, 0.3) is 5.91 Å². The molecule has 2 amide bonds. The first-order chi connectivity index (χ1) is 13.7. The number of ether oxygens (including phenoxy) is 1. The van der Waals surface area contributed by atoms with Crippen molar-refractivity contribution in [2.24, 2.45) is 0 Å². The molecule has 1 fully saturated rings. The van der Waals surface area contributed by atoms with Crippen LogP contribution in [0.1, 0.15) is 49.5 Å². The average molecular weight is 399 g/mol. The fraction of sp³-hybridized carbons (Fsp3) is 0.500. The number of likely N-dealkylation sites (tertiary alicyclic amines) is 1. The number of rotatable bonds is 4. The van der Waals surface area contributed by atoms with Crippen molar-refractivity contribution >= 4 is 12.0 Å². The summed E-state index contributed by atoms with van der Waals surface area (Å²) in [6, 6.07) is 9.67. The fourth-order valence-corrected chi connectivity index (χ4v) is 3.47. The molecule has 0 spiro atoms. The van der Waals surface area contributed by atoms with Crippen LogP contribution < -0.4 is 0 Å². The summed E-state index contributed by atoms with van der Waals surface area (Å²) in [5.74, 6) is 0.00589. The van der Waals surface area contributed by atoms with Gasteiger partial charge in [-0.3, -0.25) is 9.48 Å². The Hall–Kier alpha value is -2.83. The number of amides is 2. The van der Waals surface area contributed by atoms with Gasteiger partial charge < -0.3 is 14.5 Å². The Morgan fingerprint density at radius 2 is 1.83 bits per heavy atom. The van der Waals surface area contributed by atoms with Gasteiger partial charge in [-0.2, -0.15) is 5.10 Å². The van der Waals surface area contributed by atoms with Crippen molar-refractivity contribution in [2.75, 3.05) is 20.1 Å². The standard InChI is InChI=1S/C22H30N4O3/c1-22(2,3)29-21(28)25-14-10-19(11-15-25)24(4)20(27)18-8-6-17(7-9-18)16-26-13-5-12-23-26/h5-9,12-13,19H,10-11,14-16H2,1-4H3. The normalized spacial score (nSPS) is 15.2. The third-order valence-electron chi connectivity index (χ3n) is 5.09. The predicted molar refractivity (Wildman–Crippen MR) is 111 cm³/mol. The lowest BCUT2D eigenvalue weighted by Gasteiger charge is -2.37. The Kier molecular flexibility index (Phi) is 6.25. The summed E-state index contributed by atoms with van der Waals surface area (Å²) >= 11 is 0. The van der Waals surface area contributed by atoms with Crippen LogP contribution in [0.4, 0.5) is 4.79 Å². The average Bonchev–Trinajstić information content (AvgIpc) is 3.19. The van der Waals surface area contributed by atoms with Gasteiger partial charge in [-0.15, -0.1) is 0 Å². The van der Waals surface area contributed by atoms with E-state index in [1.165, 1.54) is 0 Å². The van der Waals surface area contributed by atoms with Crippen LogP contribution in [0, 0.1) is 0 Å². The molecule has 1 aromatic carbocycles. The van der Waals surface area contributed by atoms with Crippen molar-refractivity contribution in [3.05, 3.63) is 53.9 Å². The summed E-state index contributed by atoms with van der Waals surface area (Å²) in [5.41, 5.74) is 1.27. The van der Waals surface area contributed by atoms with Crippen molar-refractivity contribution in [2.45, 2.75) is 51.8 Å². The molecule has 3 rings (SSSR count). The maximum Gasteiger partial charge on any atom is 0.410 e. The largest absolute Gasteiger partial charge is 0.444 e. The Morgan fingerprint density at radius 3 is 2.38 bits per heavy atom. The number of piperidine rings is 1. The lowest BCUT2D eigenvalue weighted by atomic mass is 10.0. The van der Waals surface area contributed by atoms with E-state index in [0.717, 1.165) is 18.4 Å². The third kappa shape index (κ3) is 5.59. The molecule has 0 unspecified atom stereocenters. The van der Waals surface area contributed by atoms with E-state index in [2.05, 4.69) is 5.10 Å². The zero-order valence-corrected chi connectivity index (χ0v) is 17.7. The first-order valence-electron chi connectivity index (χ1n) is 10.0. The van der Waals surface area contributed by atoms with Gasteiger partial charge in [0, 0.05) is 44.1 Å². The molecular formula is C22H30N4O3. The maximum atomic E-state index is 12.9. The molecule has 1 aliphatic rings. The van der Waals surface area contributed by atoms with Crippen LogP contribution in [0.3, 0.4) is 0 Å². The molecule has 2 heterocycles. The van der Waals surface area contributed by atoms with E-state index in [9.17, 15) is 9.59 Å². The molecule has 0 radical (unpaired) electrons. The molecule has 7 nitrogen and oxygen atoms in total. The zero-order chi connectivity index (χ0) is 21.0. The van der Waals surface area contributed by atoms with E-state index in [4.69, 9.17) is 4.74 Å². The fourth-order valence-electron chi connectivity index (χ4n) is 3.47. The van der Waals surface area contributed by atoms with Crippen molar-refractivity contribution in [1.29, 1.82) is 0 Å². The molecular weight excluding hydrogens is 368 g/mol. The number of carbonyl (C=O) groups excluding carboxylic acids is 2. The second kappa shape index (κ2) is 8.68. The Morgan fingerprint density at radius 1 is 1.17 bits per heavy atom. The van der Waals surface area contributed by atoms with Crippen molar-refractivity contribution in [1.82, 2.24) is 19.6 Å². The smallest absolute Gasteiger partial charge is 0.410 e. The van der Waals surface area contributed by atoms with Crippen molar-refractivity contribution in [3.63, 3.8) is 0 Å². The molecule has 1 aliphatic heterocycles. The van der Waals surface area contributed by atoms with Crippen LogP contribution in [0.2, 0.25) is 0 Å². The molecule has 0 saturated carbocycles. The Bertz CT molecular complexity index is 817. The molecule has 0 bridgehead atoms. The van der Waals surface area contributed by atoms with E-state index in [0.29, 0.717) is 25.2 Å². The highest BCUT2D eigenvalue weighted by Crippen LogP contribution is 2.20. The summed E-state index contributed by atoms with van der Waals surface area (Å²) in [7, 11) is 1.84. The number of benzene rings is 1. The summed E-state index contributed by atoms with van der Waals surface area (Å²) < 4.78 is 7.29.